The first-order chi connectivity index (χ1) is 14.1. The first-order valence-electron chi connectivity index (χ1n) is 9.91. The van der Waals surface area contributed by atoms with Crippen molar-refractivity contribution in [2.24, 2.45) is 5.73 Å². The number of amides is 2. The topological polar surface area (TPSA) is 81.1 Å². The molecule has 0 radical (unpaired) electrons. The Bertz CT molecular complexity index is 1020. The highest BCUT2D eigenvalue weighted by atomic mass is 32.1. The Morgan fingerprint density at radius 2 is 1.69 bits per heavy atom. The van der Waals surface area contributed by atoms with Gasteiger partial charge in [0.15, 0.2) is 6.54 Å². The second kappa shape index (κ2) is 8.73. The summed E-state index contributed by atoms with van der Waals surface area (Å²) in [4.78, 5) is 26.6. The molecule has 1 aliphatic heterocycles. The van der Waals surface area contributed by atoms with E-state index in [4.69, 9.17) is 5.73 Å². The van der Waals surface area contributed by atoms with Crippen LogP contribution < -0.4 is 20.9 Å². The molecule has 1 fully saturated rings. The van der Waals surface area contributed by atoms with E-state index in [2.05, 4.69) is 47.8 Å². The van der Waals surface area contributed by atoms with Crippen molar-refractivity contribution in [3.05, 3.63) is 65.0 Å². The van der Waals surface area contributed by atoms with Crippen LogP contribution in [0.1, 0.15) is 15.9 Å². The van der Waals surface area contributed by atoms with Crippen molar-refractivity contribution in [2.75, 3.05) is 38.0 Å². The van der Waals surface area contributed by atoms with Crippen LogP contribution in [-0.2, 0) is 11.3 Å². The highest BCUT2D eigenvalue weighted by Crippen LogP contribution is 2.22. The molecule has 0 bridgehead atoms. The van der Waals surface area contributed by atoms with Gasteiger partial charge in [0.25, 0.3) is 11.8 Å². The van der Waals surface area contributed by atoms with Crippen LogP contribution >= 0.6 is 11.3 Å². The van der Waals surface area contributed by atoms with Crippen molar-refractivity contribution in [2.45, 2.75) is 6.54 Å². The van der Waals surface area contributed by atoms with Crippen molar-refractivity contribution < 1.29 is 19.4 Å². The Labute approximate surface area is 173 Å². The van der Waals surface area contributed by atoms with E-state index in [1.165, 1.54) is 32.6 Å². The highest BCUT2D eigenvalue weighted by Gasteiger charge is 2.25. The molecule has 3 aromatic rings. The molecule has 0 unspecified atom stereocenters. The molecule has 2 aromatic carbocycles. The van der Waals surface area contributed by atoms with Gasteiger partial charge in [0.2, 0.25) is 0 Å². The van der Waals surface area contributed by atoms with Gasteiger partial charge >= 0.3 is 0 Å². The fourth-order valence-corrected chi connectivity index (χ4v) is 4.83. The molecule has 2 amide bonds. The molecule has 1 aromatic heterocycles. The second-order valence-corrected chi connectivity index (χ2v) is 8.48. The van der Waals surface area contributed by atoms with Crippen molar-refractivity contribution in [1.29, 1.82) is 0 Å². The fourth-order valence-electron chi connectivity index (χ4n) is 4.02. The zero-order valence-electron chi connectivity index (χ0n) is 16.2. The fraction of sp³-hybridized carbons (Fsp3) is 0.273. The summed E-state index contributed by atoms with van der Waals surface area (Å²) in [6.07, 6.45) is 0. The number of piperazine rings is 1. The molecule has 29 heavy (non-hydrogen) atoms. The number of nitrogens with two attached hydrogens (primary N) is 1. The van der Waals surface area contributed by atoms with Crippen LogP contribution in [-0.4, -0.2) is 44.5 Å². The Morgan fingerprint density at radius 3 is 2.48 bits per heavy atom. The van der Waals surface area contributed by atoms with E-state index < -0.39 is 5.91 Å². The minimum Gasteiger partial charge on any atom is -0.366 e. The van der Waals surface area contributed by atoms with E-state index in [1.54, 1.807) is 16.3 Å². The van der Waals surface area contributed by atoms with Gasteiger partial charge < -0.3 is 20.9 Å². The molecule has 4 rings (SSSR count). The number of anilines is 1. The molecule has 6 nitrogen and oxygen atoms in total. The number of fused-ring (bicyclic) bond motifs is 1. The van der Waals surface area contributed by atoms with Gasteiger partial charge in [0.1, 0.15) is 37.7 Å². The molecule has 5 N–H and O–H groups in total. The molecule has 0 saturated carbocycles. The van der Waals surface area contributed by atoms with Crippen LogP contribution in [0.2, 0.25) is 0 Å². The number of rotatable bonds is 6. The first-order valence-corrected chi connectivity index (χ1v) is 10.8. The number of carbonyl (C=O) groups is 2. The molecule has 0 spiro atoms. The van der Waals surface area contributed by atoms with Gasteiger partial charge in [-0.2, -0.15) is 0 Å². The van der Waals surface area contributed by atoms with Crippen molar-refractivity contribution >= 4 is 38.9 Å². The predicted octanol–water partition coefficient (Wildman–Crippen LogP) is -0.0777. The smallest absolute Gasteiger partial charge is 0.280 e. The van der Waals surface area contributed by atoms with Gasteiger partial charge in [-0.25, -0.2) is 0 Å². The minimum absolute atomic E-state index is 0.0672. The number of carbonyl (C=O) groups excluding carboxylic acids is 2. The molecule has 1 aliphatic rings. The van der Waals surface area contributed by atoms with Crippen LogP contribution in [0.15, 0.2) is 53.9 Å². The summed E-state index contributed by atoms with van der Waals surface area (Å²) in [6.45, 7) is 5.42. The van der Waals surface area contributed by atoms with Crippen molar-refractivity contribution in [3.63, 3.8) is 0 Å². The number of quaternary nitrogens is 2. The second-order valence-electron chi connectivity index (χ2n) is 7.57. The minimum atomic E-state index is -0.514. The molecule has 0 atom stereocenters. The normalized spacial score (nSPS) is 19.2. The van der Waals surface area contributed by atoms with Crippen LogP contribution in [0, 0.1) is 0 Å². The predicted molar refractivity (Wildman–Crippen MR) is 115 cm³/mol. The van der Waals surface area contributed by atoms with Gasteiger partial charge in [0, 0.05) is 5.56 Å². The number of hydrogen-bond donors (Lipinski definition) is 4. The van der Waals surface area contributed by atoms with E-state index in [1.807, 2.05) is 0 Å². The third-order valence-corrected chi connectivity index (χ3v) is 6.41. The van der Waals surface area contributed by atoms with E-state index in [0.29, 0.717) is 17.1 Å². The standard InChI is InChI=1S/C22H24N4O2S/c23-21(28)19-8-13-29-22(19)24-20(27)15-26-11-9-25(10-12-26)14-17-6-3-5-16-4-1-2-7-18(16)17/h1-8,13H,9-12,14-15H2,(H2,23,28)(H,24,27)/p+2. The number of thiophene rings is 1. The molecule has 2 heterocycles. The van der Waals surface area contributed by atoms with Gasteiger partial charge in [-0.05, 0) is 22.2 Å². The van der Waals surface area contributed by atoms with E-state index >= 15 is 0 Å². The molecular weight excluding hydrogens is 384 g/mol. The molecule has 7 heteroatoms. The summed E-state index contributed by atoms with van der Waals surface area (Å²) in [6, 6.07) is 16.7. The Morgan fingerprint density at radius 1 is 0.966 bits per heavy atom. The quantitative estimate of drug-likeness (QED) is 0.459. The number of hydrogen-bond acceptors (Lipinski definition) is 3. The maximum Gasteiger partial charge on any atom is 0.280 e. The van der Waals surface area contributed by atoms with Crippen molar-refractivity contribution in [1.82, 2.24) is 0 Å². The number of nitrogens with one attached hydrogen (secondary N) is 3. The lowest BCUT2D eigenvalue weighted by molar-refractivity contribution is -1.01. The molecule has 1 saturated heterocycles. The SMILES string of the molecule is NC(=O)c1ccsc1NC(=O)C[NH+]1CC[NH+](Cc2cccc3ccccc23)CC1. The first kappa shape index (κ1) is 19.6. The third-order valence-electron chi connectivity index (χ3n) is 5.58. The third kappa shape index (κ3) is 4.64. The van der Waals surface area contributed by atoms with Gasteiger partial charge in [-0.15, -0.1) is 11.3 Å². The molecule has 150 valence electrons. The summed E-state index contributed by atoms with van der Waals surface area (Å²) in [5.41, 5.74) is 7.10. The monoisotopic (exact) mass is 410 g/mol. The number of benzene rings is 2. The zero-order chi connectivity index (χ0) is 20.2. The van der Waals surface area contributed by atoms with Crippen LogP contribution in [0.4, 0.5) is 5.00 Å². The maximum absolute atomic E-state index is 12.4. The largest absolute Gasteiger partial charge is 0.366 e. The Hall–Kier alpha value is -2.74. The van der Waals surface area contributed by atoms with Gasteiger partial charge in [-0.3, -0.25) is 9.59 Å². The Balaban J connectivity index is 1.30. The summed E-state index contributed by atoms with van der Waals surface area (Å²) >= 11 is 1.32. The van der Waals surface area contributed by atoms with Crippen LogP contribution in [0.25, 0.3) is 10.8 Å². The average molecular weight is 411 g/mol. The summed E-state index contributed by atoms with van der Waals surface area (Å²) < 4.78 is 0. The molecular formula is C22H26N4O2S+2. The van der Waals surface area contributed by atoms with Gasteiger partial charge in [-0.1, -0.05) is 42.5 Å². The van der Waals surface area contributed by atoms with Gasteiger partial charge in [0.05, 0.1) is 5.56 Å². The summed E-state index contributed by atoms with van der Waals surface area (Å²) in [7, 11) is 0. The maximum atomic E-state index is 12.4. The van der Waals surface area contributed by atoms with E-state index in [0.717, 1.165) is 32.7 Å². The summed E-state index contributed by atoms with van der Waals surface area (Å²) in [5.74, 6) is -0.581. The van der Waals surface area contributed by atoms with Crippen LogP contribution in [0.3, 0.4) is 0 Å². The lowest BCUT2D eigenvalue weighted by atomic mass is 10.0. The lowest BCUT2D eigenvalue weighted by Crippen LogP contribution is -3.28. The summed E-state index contributed by atoms with van der Waals surface area (Å²) in [5, 5.41) is 7.76. The lowest BCUT2D eigenvalue weighted by Gasteiger charge is -2.29. The Kier molecular flexibility index (Phi) is 5.89. The zero-order valence-corrected chi connectivity index (χ0v) is 17.1. The average Bonchev–Trinajstić information content (AvgIpc) is 3.18. The van der Waals surface area contributed by atoms with Crippen LogP contribution in [0.5, 0.6) is 0 Å². The molecule has 0 aliphatic carbocycles. The number of primary amides is 1. The van der Waals surface area contributed by atoms with E-state index in [9.17, 15) is 9.59 Å². The highest BCUT2D eigenvalue weighted by molar-refractivity contribution is 7.14. The van der Waals surface area contributed by atoms with Crippen molar-refractivity contribution in [3.8, 4) is 0 Å². The van der Waals surface area contributed by atoms with E-state index in [-0.39, 0.29) is 5.91 Å².